The van der Waals surface area contributed by atoms with Gasteiger partial charge in [0.15, 0.2) is 0 Å². The van der Waals surface area contributed by atoms with Crippen molar-refractivity contribution in [2.75, 3.05) is 27.4 Å². The van der Waals surface area contributed by atoms with E-state index in [1.165, 1.54) is 0 Å². The molecule has 1 heterocycles. The predicted octanol–water partition coefficient (Wildman–Crippen LogP) is 0.554. The van der Waals surface area contributed by atoms with Crippen molar-refractivity contribution in [2.24, 2.45) is 0 Å². The second-order valence-corrected chi connectivity index (χ2v) is 5.37. The van der Waals surface area contributed by atoms with E-state index in [4.69, 9.17) is 9.47 Å². The normalized spacial score (nSPS) is 28.4. The minimum absolute atomic E-state index is 0.0513. The van der Waals surface area contributed by atoms with Gasteiger partial charge >= 0.3 is 0 Å². The van der Waals surface area contributed by atoms with Crippen LogP contribution in [0.15, 0.2) is 0 Å². The summed E-state index contributed by atoms with van der Waals surface area (Å²) in [7, 11) is 3.17. The van der Waals surface area contributed by atoms with Crippen LogP contribution in [0.4, 0.5) is 0 Å². The molecule has 3 atom stereocenters. The van der Waals surface area contributed by atoms with Crippen LogP contribution < -0.4 is 5.32 Å². The quantitative estimate of drug-likeness (QED) is 0.742. The van der Waals surface area contributed by atoms with Crippen molar-refractivity contribution in [1.82, 2.24) is 10.2 Å². The van der Waals surface area contributed by atoms with Crippen LogP contribution in [-0.2, 0) is 19.1 Å². The lowest BCUT2D eigenvalue weighted by molar-refractivity contribution is -0.157. The maximum absolute atomic E-state index is 12.7. The van der Waals surface area contributed by atoms with Gasteiger partial charge in [0.2, 0.25) is 11.8 Å². The lowest BCUT2D eigenvalue weighted by Crippen LogP contribution is -2.69. The van der Waals surface area contributed by atoms with E-state index in [0.29, 0.717) is 26.0 Å². The number of rotatable bonds is 7. The number of nitrogens with zero attached hydrogens (tertiary/aromatic N) is 1. The predicted molar refractivity (Wildman–Crippen MR) is 75.3 cm³/mol. The van der Waals surface area contributed by atoms with Gasteiger partial charge in [-0.1, -0.05) is 13.8 Å². The van der Waals surface area contributed by atoms with Crippen LogP contribution in [0.3, 0.4) is 0 Å². The summed E-state index contributed by atoms with van der Waals surface area (Å²) in [5.41, 5.74) is -0.825. The van der Waals surface area contributed by atoms with E-state index in [9.17, 15) is 9.59 Å². The van der Waals surface area contributed by atoms with E-state index in [2.05, 4.69) is 5.32 Å². The van der Waals surface area contributed by atoms with Crippen molar-refractivity contribution in [2.45, 2.75) is 51.3 Å². The number of piperazine rings is 1. The Morgan fingerprint density at radius 3 is 2.45 bits per heavy atom. The average molecular weight is 286 g/mol. The number of methoxy groups -OCH3 is 2. The summed E-state index contributed by atoms with van der Waals surface area (Å²) in [6, 6.07) is -0.434. The molecule has 1 N–H and O–H groups in total. The molecule has 0 aromatic carbocycles. The molecule has 0 radical (unpaired) electrons. The Bertz CT molecular complexity index is 361. The first-order valence-electron chi connectivity index (χ1n) is 7.08. The fraction of sp³-hybridized carbons (Fsp3) is 0.857. The monoisotopic (exact) mass is 286 g/mol. The molecule has 3 unspecified atom stereocenters. The number of carbonyl (C=O) groups excluding carboxylic acids is 2. The van der Waals surface area contributed by atoms with Crippen LogP contribution in [0.5, 0.6) is 0 Å². The fourth-order valence-corrected chi connectivity index (χ4v) is 2.46. The van der Waals surface area contributed by atoms with E-state index >= 15 is 0 Å². The van der Waals surface area contributed by atoms with E-state index in [0.717, 1.165) is 0 Å². The van der Waals surface area contributed by atoms with Gasteiger partial charge in [0, 0.05) is 14.2 Å². The van der Waals surface area contributed by atoms with Crippen molar-refractivity contribution in [3.63, 3.8) is 0 Å². The maximum Gasteiger partial charge on any atom is 0.248 e. The Labute approximate surface area is 120 Å². The Morgan fingerprint density at radius 2 is 2.00 bits per heavy atom. The Kier molecular flexibility index (Phi) is 5.95. The van der Waals surface area contributed by atoms with Gasteiger partial charge in [-0.2, -0.15) is 0 Å². The zero-order valence-corrected chi connectivity index (χ0v) is 13.1. The first-order chi connectivity index (χ1) is 9.43. The first kappa shape index (κ1) is 16.9. The van der Waals surface area contributed by atoms with Crippen LogP contribution >= 0.6 is 0 Å². The molecule has 0 aliphatic carbocycles. The van der Waals surface area contributed by atoms with Gasteiger partial charge in [-0.05, 0) is 19.8 Å². The number of nitrogens with one attached hydrogen (secondary N) is 1. The van der Waals surface area contributed by atoms with Gasteiger partial charge in [0.25, 0.3) is 0 Å². The highest BCUT2D eigenvalue weighted by atomic mass is 16.5. The van der Waals surface area contributed by atoms with Gasteiger partial charge in [0.05, 0.1) is 19.3 Å². The third-order valence-electron chi connectivity index (χ3n) is 3.99. The minimum Gasteiger partial charge on any atom is -0.382 e. The smallest absolute Gasteiger partial charge is 0.248 e. The highest BCUT2D eigenvalue weighted by Gasteiger charge is 2.46. The van der Waals surface area contributed by atoms with Gasteiger partial charge in [-0.25, -0.2) is 0 Å². The van der Waals surface area contributed by atoms with Crippen molar-refractivity contribution >= 4 is 11.8 Å². The number of hydrogen-bond donors (Lipinski definition) is 1. The summed E-state index contributed by atoms with van der Waals surface area (Å²) in [5, 5.41) is 2.84. The maximum atomic E-state index is 12.7. The van der Waals surface area contributed by atoms with Gasteiger partial charge in [-0.15, -0.1) is 0 Å². The zero-order valence-electron chi connectivity index (χ0n) is 13.1. The standard InChI is InChI=1S/C14H26N2O4/c1-6-11-12(17)15-14(3,7-2)13(18)16(11)8-10(20-5)9-19-4/h10-11H,6-9H2,1-5H3,(H,15,17). The summed E-state index contributed by atoms with van der Waals surface area (Å²) < 4.78 is 10.4. The lowest BCUT2D eigenvalue weighted by Gasteiger charge is -2.44. The minimum atomic E-state index is -0.825. The van der Waals surface area contributed by atoms with Gasteiger partial charge in [0.1, 0.15) is 11.6 Å². The van der Waals surface area contributed by atoms with Crippen molar-refractivity contribution in [3.05, 3.63) is 0 Å². The molecule has 0 spiro atoms. The van der Waals surface area contributed by atoms with Crippen LogP contribution in [0.2, 0.25) is 0 Å². The molecule has 6 nitrogen and oxygen atoms in total. The number of hydrogen-bond acceptors (Lipinski definition) is 4. The summed E-state index contributed by atoms with van der Waals surface area (Å²) >= 11 is 0. The van der Waals surface area contributed by atoms with E-state index in [-0.39, 0.29) is 17.9 Å². The van der Waals surface area contributed by atoms with E-state index in [1.54, 1.807) is 26.0 Å². The number of ether oxygens (including phenoxy) is 2. The summed E-state index contributed by atoms with van der Waals surface area (Å²) in [6.45, 7) is 6.32. The van der Waals surface area contributed by atoms with Crippen LogP contribution in [0, 0.1) is 0 Å². The second-order valence-electron chi connectivity index (χ2n) is 5.37. The molecule has 6 heteroatoms. The van der Waals surface area contributed by atoms with Crippen LogP contribution in [0.1, 0.15) is 33.6 Å². The Morgan fingerprint density at radius 1 is 1.35 bits per heavy atom. The molecule has 116 valence electrons. The third-order valence-corrected chi connectivity index (χ3v) is 3.99. The molecule has 0 bridgehead atoms. The summed E-state index contributed by atoms with van der Waals surface area (Å²) in [6.07, 6.45) is 0.915. The lowest BCUT2D eigenvalue weighted by atomic mass is 9.91. The SMILES string of the molecule is CCC1C(=O)NC(C)(CC)C(=O)N1CC(COC)OC. The van der Waals surface area contributed by atoms with E-state index in [1.807, 2.05) is 13.8 Å². The molecule has 1 aliphatic rings. The molecule has 2 amide bonds. The number of carbonyl (C=O) groups is 2. The topological polar surface area (TPSA) is 67.9 Å². The Hall–Kier alpha value is -1.14. The molecule has 1 fully saturated rings. The molecule has 0 aromatic rings. The molecule has 0 saturated carbocycles. The molecule has 1 saturated heterocycles. The first-order valence-corrected chi connectivity index (χ1v) is 7.08. The van der Waals surface area contributed by atoms with E-state index < -0.39 is 11.6 Å². The largest absolute Gasteiger partial charge is 0.382 e. The fourth-order valence-electron chi connectivity index (χ4n) is 2.46. The van der Waals surface area contributed by atoms with Crippen molar-refractivity contribution in [3.8, 4) is 0 Å². The molecular formula is C14H26N2O4. The highest BCUT2D eigenvalue weighted by molar-refractivity contribution is 5.99. The molecule has 20 heavy (non-hydrogen) atoms. The number of amides is 2. The van der Waals surface area contributed by atoms with Crippen molar-refractivity contribution < 1.29 is 19.1 Å². The average Bonchev–Trinajstić information content (AvgIpc) is 2.43. The molecule has 1 rings (SSSR count). The zero-order chi connectivity index (χ0) is 15.3. The second kappa shape index (κ2) is 7.04. The highest BCUT2D eigenvalue weighted by Crippen LogP contribution is 2.23. The molecule has 1 aliphatic heterocycles. The van der Waals surface area contributed by atoms with Gasteiger partial charge in [-0.3, -0.25) is 9.59 Å². The molecule has 0 aromatic heterocycles. The van der Waals surface area contributed by atoms with Crippen molar-refractivity contribution in [1.29, 1.82) is 0 Å². The molecular weight excluding hydrogens is 260 g/mol. The third kappa shape index (κ3) is 3.30. The summed E-state index contributed by atoms with van der Waals surface area (Å²) in [4.78, 5) is 26.5. The summed E-state index contributed by atoms with van der Waals surface area (Å²) in [5.74, 6) is -0.145. The van der Waals surface area contributed by atoms with Crippen LogP contribution in [0.25, 0.3) is 0 Å². The van der Waals surface area contributed by atoms with Gasteiger partial charge < -0.3 is 19.7 Å². The van der Waals surface area contributed by atoms with Crippen LogP contribution in [-0.4, -0.2) is 61.8 Å². The Balaban J connectivity index is 2.96.